The number of rotatable bonds is 4. The summed E-state index contributed by atoms with van der Waals surface area (Å²) < 4.78 is 7.11. The Bertz CT molecular complexity index is 1240. The van der Waals surface area contributed by atoms with Crippen LogP contribution in [-0.2, 0) is 9.59 Å². The number of anilines is 2. The van der Waals surface area contributed by atoms with Crippen molar-refractivity contribution in [3.8, 4) is 5.75 Å². The molecule has 3 aliphatic rings. The second-order valence-electron chi connectivity index (χ2n) is 8.98. The van der Waals surface area contributed by atoms with Crippen LogP contribution in [0.5, 0.6) is 5.75 Å². The second kappa shape index (κ2) is 8.13. The molecular weight excluding hydrogens is 430 g/mol. The number of fused-ring (bicyclic) bond motifs is 2. The summed E-state index contributed by atoms with van der Waals surface area (Å²) in [5.74, 6) is 0.459. The van der Waals surface area contributed by atoms with Crippen molar-refractivity contribution in [1.82, 2.24) is 14.8 Å². The van der Waals surface area contributed by atoms with Crippen LogP contribution < -0.4 is 15.0 Å². The minimum Gasteiger partial charge on any atom is -0.497 e. The molecule has 1 N–H and O–H groups in total. The first kappa shape index (κ1) is 20.7. The van der Waals surface area contributed by atoms with Gasteiger partial charge in [0.1, 0.15) is 5.75 Å². The van der Waals surface area contributed by atoms with Gasteiger partial charge in [0.05, 0.1) is 31.0 Å². The molecule has 1 aliphatic carbocycles. The first-order chi connectivity index (χ1) is 16.6. The predicted molar refractivity (Wildman–Crippen MR) is 126 cm³/mol. The van der Waals surface area contributed by atoms with Crippen molar-refractivity contribution in [3.05, 3.63) is 77.9 Å². The Morgan fingerprint density at radius 3 is 2.24 bits per heavy atom. The number of benzene rings is 2. The van der Waals surface area contributed by atoms with Crippen LogP contribution in [0.25, 0.3) is 0 Å². The number of carbonyl (C=O) groups is 2. The number of ether oxygens (including phenoxy) is 1. The Morgan fingerprint density at radius 2 is 1.59 bits per heavy atom. The maximum atomic E-state index is 13.1. The first-order valence-electron chi connectivity index (χ1n) is 11.6. The van der Waals surface area contributed by atoms with Gasteiger partial charge in [0.25, 0.3) is 5.95 Å². The zero-order valence-corrected chi connectivity index (χ0v) is 18.8. The monoisotopic (exact) mass is 455 g/mol. The topological polar surface area (TPSA) is 89.4 Å². The standard InChI is InChI=1S/C26H25N5O3/c1-34-18-13-11-16(12-14-18)21-15-22(17-7-3-2-4-8-17)31-25(27-21)28-26(29-31)30-23(32)19-9-5-6-10-20(19)24(30)33/h2-8,11-14,19-22H,9-10,15H2,1H3,(H,27,28,29)/t19-,20-,21-,22+/m0/s1. The van der Waals surface area contributed by atoms with E-state index in [1.165, 1.54) is 4.90 Å². The lowest BCUT2D eigenvalue weighted by molar-refractivity contribution is -0.122. The summed E-state index contributed by atoms with van der Waals surface area (Å²) in [7, 11) is 1.65. The van der Waals surface area contributed by atoms with Gasteiger partial charge in [-0.25, -0.2) is 9.58 Å². The van der Waals surface area contributed by atoms with Crippen LogP contribution in [0.15, 0.2) is 66.7 Å². The van der Waals surface area contributed by atoms with Crippen LogP contribution in [0, 0.1) is 11.8 Å². The first-order valence-corrected chi connectivity index (χ1v) is 11.6. The van der Waals surface area contributed by atoms with Gasteiger partial charge in [0.15, 0.2) is 0 Å². The summed E-state index contributed by atoms with van der Waals surface area (Å²) in [6.45, 7) is 0. The SMILES string of the molecule is COc1ccc([C@@H]2C[C@H](c3ccccc3)n3nc(N4C(=O)[C@H]5CC=CC[C@@H]5C4=O)nc3N2)cc1. The molecule has 0 bridgehead atoms. The number of imide groups is 1. The van der Waals surface area contributed by atoms with Gasteiger partial charge in [-0.2, -0.15) is 4.98 Å². The Balaban J connectivity index is 1.38. The van der Waals surface area contributed by atoms with Crippen molar-refractivity contribution >= 4 is 23.7 Å². The van der Waals surface area contributed by atoms with Crippen molar-refractivity contribution in [3.63, 3.8) is 0 Å². The molecule has 3 heterocycles. The lowest BCUT2D eigenvalue weighted by Gasteiger charge is -2.31. The molecule has 34 heavy (non-hydrogen) atoms. The minimum absolute atomic E-state index is 0.0163. The van der Waals surface area contributed by atoms with E-state index < -0.39 is 0 Å². The van der Waals surface area contributed by atoms with Crippen LogP contribution >= 0.6 is 0 Å². The molecule has 8 nitrogen and oxygen atoms in total. The van der Waals surface area contributed by atoms with Crippen molar-refractivity contribution in [2.75, 3.05) is 17.3 Å². The maximum Gasteiger partial charge on any atom is 0.260 e. The molecule has 3 aromatic rings. The number of hydrogen-bond donors (Lipinski definition) is 1. The second-order valence-corrected chi connectivity index (χ2v) is 8.98. The Morgan fingerprint density at radius 1 is 0.912 bits per heavy atom. The summed E-state index contributed by atoms with van der Waals surface area (Å²) in [4.78, 5) is 32.1. The van der Waals surface area contributed by atoms with E-state index >= 15 is 0 Å². The summed E-state index contributed by atoms with van der Waals surface area (Å²) >= 11 is 0. The van der Waals surface area contributed by atoms with Crippen molar-refractivity contribution < 1.29 is 14.3 Å². The highest BCUT2D eigenvalue weighted by Gasteiger charge is 2.49. The number of nitrogens with one attached hydrogen (secondary N) is 1. The maximum absolute atomic E-state index is 13.1. The molecule has 0 saturated carbocycles. The Labute approximate surface area is 197 Å². The molecule has 2 aliphatic heterocycles. The highest BCUT2D eigenvalue weighted by molar-refractivity contribution is 6.21. The fraction of sp³-hybridized carbons (Fsp3) is 0.308. The zero-order valence-electron chi connectivity index (χ0n) is 18.8. The van der Waals surface area contributed by atoms with Gasteiger partial charge in [-0.15, -0.1) is 5.10 Å². The van der Waals surface area contributed by atoms with E-state index in [4.69, 9.17) is 9.84 Å². The molecule has 0 spiro atoms. The third-order valence-corrected chi connectivity index (χ3v) is 7.09. The van der Waals surface area contributed by atoms with Crippen LogP contribution in [0.2, 0.25) is 0 Å². The largest absolute Gasteiger partial charge is 0.497 e. The van der Waals surface area contributed by atoms with Gasteiger partial charge < -0.3 is 10.1 Å². The van der Waals surface area contributed by atoms with Gasteiger partial charge in [0, 0.05) is 0 Å². The van der Waals surface area contributed by atoms with E-state index in [0.29, 0.717) is 18.8 Å². The average Bonchev–Trinajstić information content (AvgIpc) is 3.42. The van der Waals surface area contributed by atoms with Crippen molar-refractivity contribution in [2.24, 2.45) is 11.8 Å². The number of nitrogens with zero attached hydrogens (tertiary/aromatic N) is 4. The summed E-state index contributed by atoms with van der Waals surface area (Å²) in [5.41, 5.74) is 2.19. The highest BCUT2D eigenvalue weighted by Crippen LogP contribution is 2.41. The van der Waals surface area contributed by atoms with E-state index in [1.807, 2.05) is 59.3 Å². The summed E-state index contributed by atoms with van der Waals surface area (Å²) in [6.07, 6.45) is 5.87. The molecule has 2 amide bonds. The van der Waals surface area contributed by atoms with Crippen molar-refractivity contribution in [1.29, 1.82) is 0 Å². The Hall–Kier alpha value is -3.94. The quantitative estimate of drug-likeness (QED) is 0.474. The molecule has 0 radical (unpaired) electrons. The molecule has 2 aromatic carbocycles. The smallest absolute Gasteiger partial charge is 0.260 e. The molecule has 1 fully saturated rings. The number of hydrogen-bond acceptors (Lipinski definition) is 6. The van der Waals surface area contributed by atoms with Crippen LogP contribution in [0.4, 0.5) is 11.9 Å². The zero-order chi connectivity index (χ0) is 23.2. The molecule has 172 valence electrons. The normalized spacial score (nSPS) is 25.6. The summed E-state index contributed by atoms with van der Waals surface area (Å²) in [5, 5.41) is 8.17. The van der Waals surface area contributed by atoms with E-state index in [9.17, 15) is 9.59 Å². The fourth-order valence-electron chi connectivity index (χ4n) is 5.27. The number of carbonyl (C=O) groups excluding carboxylic acids is 2. The van der Waals surface area contributed by atoms with Crippen LogP contribution in [0.1, 0.15) is 42.5 Å². The minimum atomic E-state index is -0.317. The molecule has 4 atom stereocenters. The van der Waals surface area contributed by atoms with Gasteiger partial charge in [-0.1, -0.05) is 54.6 Å². The predicted octanol–water partition coefficient (Wildman–Crippen LogP) is 3.89. The van der Waals surface area contributed by atoms with Crippen LogP contribution in [0.3, 0.4) is 0 Å². The highest BCUT2D eigenvalue weighted by atomic mass is 16.5. The summed E-state index contributed by atoms with van der Waals surface area (Å²) in [6, 6.07) is 18.0. The van der Waals surface area contributed by atoms with Gasteiger partial charge in [-0.3, -0.25) is 9.59 Å². The van der Waals surface area contributed by atoms with Crippen LogP contribution in [-0.4, -0.2) is 33.7 Å². The van der Waals surface area contributed by atoms with E-state index in [-0.39, 0.29) is 41.7 Å². The molecule has 6 rings (SSSR count). The number of methoxy groups -OCH3 is 1. The molecule has 8 heteroatoms. The van der Waals surface area contributed by atoms with Crippen molar-refractivity contribution in [2.45, 2.75) is 31.3 Å². The molecular formula is C26H25N5O3. The van der Waals surface area contributed by atoms with Gasteiger partial charge >= 0.3 is 0 Å². The lowest BCUT2D eigenvalue weighted by Crippen LogP contribution is -2.32. The van der Waals surface area contributed by atoms with Gasteiger partial charge in [-0.05, 0) is 42.5 Å². The molecule has 1 saturated heterocycles. The number of aromatic nitrogens is 3. The third-order valence-electron chi connectivity index (χ3n) is 7.09. The van der Waals surface area contributed by atoms with E-state index in [2.05, 4.69) is 22.4 Å². The molecule has 1 aromatic heterocycles. The Kier molecular flexibility index (Phi) is 4.94. The third kappa shape index (κ3) is 3.29. The number of amides is 2. The van der Waals surface area contributed by atoms with Gasteiger partial charge in [0.2, 0.25) is 17.8 Å². The average molecular weight is 456 g/mol. The molecule has 0 unspecified atom stereocenters. The fourth-order valence-corrected chi connectivity index (χ4v) is 5.27. The lowest BCUT2D eigenvalue weighted by atomic mass is 9.85. The van der Waals surface area contributed by atoms with E-state index in [0.717, 1.165) is 23.3 Å². The van der Waals surface area contributed by atoms with E-state index in [1.54, 1.807) is 7.11 Å². The number of allylic oxidation sites excluding steroid dienone is 2.